The fraction of sp³-hybridized carbons (Fsp3) is 0.286. The van der Waals surface area contributed by atoms with Gasteiger partial charge in [-0.3, -0.25) is 4.79 Å². The van der Waals surface area contributed by atoms with Gasteiger partial charge in [0, 0.05) is 6.07 Å². The minimum atomic E-state index is -3.90. The Hall–Kier alpha value is -2.39. The van der Waals surface area contributed by atoms with Crippen molar-refractivity contribution in [3.05, 3.63) is 41.3 Å². The predicted octanol–water partition coefficient (Wildman–Crippen LogP) is 1.10. The number of carboxylic acids is 1. The predicted molar refractivity (Wildman–Crippen MR) is 79.6 cm³/mol. The van der Waals surface area contributed by atoms with Crippen molar-refractivity contribution in [2.45, 2.75) is 24.8 Å². The zero-order chi connectivity index (χ0) is 17.0. The lowest BCUT2D eigenvalue weighted by atomic mass is 10.1. The van der Waals surface area contributed by atoms with Gasteiger partial charge in [-0.1, -0.05) is 5.16 Å². The van der Waals surface area contributed by atoms with Gasteiger partial charge in [0.2, 0.25) is 10.0 Å². The summed E-state index contributed by atoms with van der Waals surface area (Å²) in [6.07, 6.45) is -0.434. The molecule has 0 saturated carbocycles. The summed E-state index contributed by atoms with van der Waals surface area (Å²) in [5.74, 6) is -0.190. The highest BCUT2D eigenvalue weighted by Gasteiger charge is 2.21. The molecule has 124 valence electrons. The minimum absolute atomic E-state index is 0.0573. The van der Waals surface area contributed by atoms with Gasteiger partial charge in [0.25, 0.3) is 0 Å². The molecule has 0 saturated heterocycles. The number of carboxylic acid groups (broad SMARTS) is 1. The van der Waals surface area contributed by atoms with Crippen LogP contribution in [-0.2, 0) is 27.8 Å². The third-order valence-electron chi connectivity index (χ3n) is 3.02. The van der Waals surface area contributed by atoms with Crippen molar-refractivity contribution in [2.75, 3.05) is 7.11 Å². The van der Waals surface area contributed by atoms with Crippen LogP contribution in [0, 0.1) is 6.92 Å². The molecule has 2 aromatic rings. The van der Waals surface area contributed by atoms with Gasteiger partial charge in [0.1, 0.15) is 11.5 Å². The Morgan fingerprint density at radius 2 is 2.13 bits per heavy atom. The fourth-order valence-electron chi connectivity index (χ4n) is 1.99. The fourth-order valence-corrected chi connectivity index (χ4v) is 3.21. The molecule has 1 aromatic carbocycles. The molecule has 0 aliphatic heterocycles. The number of ether oxygens (including phenoxy) is 1. The van der Waals surface area contributed by atoms with Crippen molar-refractivity contribution in [3.8, 4) is 5.75 Å². The number of methoxy groups -OCH3 is 1. The summed E-state index contributed by atoms with van der Waals surface area (Å²) in [7, 11) is -2.49. The summed E-state index contributed by atoms with van der Waals surface area (Å²) in [5.41, 5.74) is 0.569. The molecule has 2 rings (SSSR count). The third kappa shape index (κ3) is 4.30. The molecule has 8 nitrogen and oxygen atoms in total. The Bertz CT molecular complexity index is 812. The average Bonchev–Trinajstić information content (AvgIpc) is 2.90. The van der Waals surface area contributed by atoms with E-state index >= 15 is 0 Å². The maximum absolute atomic E-state index is 12.4. The van der Waals surface area contributed by atoms with Crippen LogP contribution in [0.15, 0.2) is 33.7 Å². The second-order valence-corrected chi connectivity index (χ2v) is 6.53. The molecule has 0 unspecified atom stereocenters. The van der Waals surface area contributed by atoms with Gasteiger partial charge in [-0.2, -0.15) is 0 Å². The first kappa shape index (κ1) is 17.0. The van der Waals surface area contributed by atoms with Crippen LogP contribution in [-0.4, -0.2) is 31.8 Å². The van der Waals surface area contributed by atoms with E-state index in [0.717, 1.165) is 0 Å². The van der Waals surface area contributed by atoms with Crippen LogP contribution in [0.25, 0.3) is 0 Å². The summed E-state index contributed by atoms with van der Waals surface area (Å²) < 4.78 is 37.1. The van der Waals surface area contributed by atoms with E-state index in [9.17, 15) is 13.2 Å². The summed E-state index contributed by atoms with van der Waals surface area (Å²) in [4.78, 5) is 10.8. The molecule has 2 N–H and O–H groups in total. The number of carbonyl (C=O) groups is 1. The van der Waals surface area contributed by atoms with Gasteiger partial charge >= 0.3 is 5.97 Å². The molecular weight excluding hydrogens is 324 g/mol. The average molecular weight is 340 g/mol. The number of sulfonamides is 1. The van der Waals surface area contributed by atoms with Crippen LogP contribution in [0.4, 0.5) is 0 Å². The smallest absolute Gasteiger partial charge is 0.307 e. The van der Waals surface area contributed by atoms with Gasteiger partial charge in [-0.25, -0.2) is 13.1 Å². The van der Waals surface area contributed by atoms with E-state index in [0.29, 0.717) is 17.2 Å². The van der Waals surface area contributed by atoms with Gasteiger partial charge < -0.3 is 14.4 Å². The summed E-state index contributed by atoms with van der Waals surface area (Å²) in [6, 6.07) is 5.77. The monoisotopic (exact) mass is 340 g/mol. The topological polar surface area (TPSA) is 119 Å². The highest BCUT2D eigenvalue weighted by Crippen LogP contribution is 2.22. The summed E-state index contributed by atoms with van der Waals surface area (Å²) in [5, 5.41) is 12.6. The molecule has 0 bridgehead atoms. The standard InChI is InChI=1S/C14H16N2O6S/c1-9-5-11(16-22-9)8-15-23(19,20)13-4-3-12(21-2)6-10(13)7-14(17)18/h3-6,15H,7-8H2,1-2H3,(H,17,18). The van der Waals surface area contributed by atoms with Crippen molar-refractivity contribution >= 4 is 16.0 Å². The molecule has 0 amide bonds. The molecule has 1 heterocycles. The Labute approximate surface area is 133 Å². The Morgan fingerprint density at radius 1 is 1.39 bits per heavy atom. The zero-order valence-corrected chi connectivity index (χ0v) is 13.4. The Kier molecular flexibility index (Phi) is 5.02. The first-order chi connectivity index (χ1) is 10.8. The van der Waals surface area contributed by atoms with Crippen LogP contribution in [0.3, 0.4) is 0 Å². The molecule has 1 aromatic heterocycles. The third-order valence-corrected chi connectivity index (χ3v) is 4.52. The van der Waals surface area contributed by atoms with E-state index in [1.807, 2.05) is 0 Å². The normalized spacial score (nSPS) is 11.4. The van der Waals surface area contributed by atoms with Crippen LogP contribution < -0.4 is 9.46 Å². The second kappa shape index (κ2) is 6.80. The van der Waals surface area contributed by atoms with Gasteiger partial charge in [-0.05, 0) is 30.7 Å². The van der Waals surface area contributed by atoms with Crippen molar-refractivity contribution in [3.63, 3.8) is 0 Å². The van der Waals surface area contributed by atoms with Crippen LogP contribution >= 0.6 is 0 Å². The highest BCUT2D eigenvalue weighted by atomic mass is 32.2. The summed E-state index contributed by atoms with van der Waals surface area (Å²) in [6.45, 7) is 1.64. The van der Waals surface area contributed by atoms with Crippen LogP contribution in [0.2, 0.25) is 0 Å². The molecular formula is C14H16N2O6S. The molecule has 0 aliphatic carbocycles. The van der Waals surface area contributed by atoms with Crippen LogP contribution in [0.1, 0.15) is 17.0 Å². The molecule has 0 spiro atoms. The molecule has 0 atom stereocenters. The first-order valence-corrected chi connectivity index (χ1v) is 8.10. The summed E-state index contributed by atoms with van der Waals surface area (Å²) >= 11 is 0. The minimum Gasteiger partial charge on any atom is -0.497 e. The largest absolute Gasteiger partial charge is 0.497 e. The zero-order valence-electron chi connectivity index (χ0n) is 12.6. The highest BCUT2D eigenvalue weighted by molar-refractivity contribution is 7.89. The van der Waals surface area contributed by atoms with Gasteiger partial charge in [0.15, 0.2) is 0 Å². The number of hydrogen-bond acceptors (Lipinski definition) is 6. The molecule has 0 fully saturated rings. The van der Waals surface area contributed by atoms with E-state index in [1.165, 1.54) is 25.3 Å². The maximum atomic E-state index is 12.4. The lowest BCUT2D eigenvalue weighted by molar-refractivity contribution is -0.136. The van der Waals surface area contributed by atoms with E-state index in [-0.39, 0.29) is 17.0 Å². The van der Waals surface area contributed by atoms with E-state index < -0.39 is 22.4 Å². The number of nitrogens with zero attached hydrogens (tertiary/aromatic N) is 1. The second-order valence-electron chi connectivity index (χ2n) is 4.80. The number of aliphatic carboxylic acids is 1. The molecule has 23 heavy (non-hydrogen) atoms. The Morgan fingerprint density at radius 3 is 2.70 bits per heavy atom. The Balaban J connectivity index is 2.28. The lowest BCUT2D eigenvalue weighted by Gasteiger charge is -2.11. The van der Waals surface area contributed by atoms with Crippen molar-refractivity contribution in [2.24, 2.45) is 0 Å². The van der Waals surface area contributed by atoms with Gasteiger partial charge in [0.05, 0.1) is 30.7 Å². The van der Waals surface area contributed by atoms with Crippen molar-refractivity contribution < 1.29 is 27.6 Å². The number of aromatic nitrogens is 1. The molecule has 0 radical (unpaired) electrons. The lowest BCUT2D eigenvalue weighted by Crippen LogP contribution is -2.25. The number of hydrogen-bond donors (Lipinski definition) is 2. The van der Waals surface area contributed by atoms with E-state index in [1.54, 1.807) is 13.0 Å². The SMILES string of the molecule is COc1ccc(S(=O)(=O)NCc2cc(C)on2)c(CC(=O)O)c1. The quantitative estimate of drug-likeness (QED) is 0.774. The van der Waals surface area contributed by atoms with E-state index in [4.69, 9.17) is 14.4 Å². The number of benzene rings is 1. The van der Waals surface area contributed by atoms with Crippen LogP contribution in [0.5, 0.6) is 5.75 Å². The molecule has 9 heteroatoms. The number of aryl methyl sites for hydroxylation is 1. The first-order valence-electron chi connectivity index (χ1n) is 6.62. The maximum Gasteiger partial charge on any atom is 0.307 e. The van der Waals surface area contributed by atoms with E-state index in [2.05, 4.69) is 9.88 Å². The molecule has 0 aliphatic rings. The van der Waals surface area contributed by atoms with Crippen molar-refractivity contribution in [1.29, 1.82) is 0 Å². The van der Waals surface area contributed by atoms with Gasteiger partial charge in [-0.15, -0.1) is 0 Å². The van der Waals surface area contributed by atoms with Crippen molar-refractivity contribution in [1.82, 2.24) is 9.88 Å². The number of rotatable bonds is 7. The number of nitrogens with one attached hydrogen (secondary N) is 1.